The Morgan fingerprint density at radius 1 is 1.16 bits per heavy atom. The summed E-state index contributed by atoms with van der Waals surface area (Å²) in [4.78, 5) is 14.5. The van der Waals surface area contributed by atoms with E-state index >= 15 is 0 Å². The molecule has 1 amide bonds. The fraction of sp³-hybridized carbons (Fsp3) is 0.611. The molecule has 25 heavy (non-hydrogen) atoms. The predicted molar refractivity (Wildman–Crippen MR) is 87.0 cm³/mol. The molecule has 0 saturated heterocycles. The van der Waals surface area contributed by atoms with Crippen molar-refractivity contribution in [2.75, 3.05) is 7.05 Å². The Morgan fingerprint density at radius 3 is 2.32 bits per heavy atom. The number of rotatable bonds is 4. The van der Waals surface area contributed by atoms with Crippen LogP contribution in [0.15, 0.2) is 24.3 Å². The second kappa shape index (κ2) is 6.86. The standard InChI is InChI=1S/C18H23F3N2O2/c1-23(13-6-4-12(22)5-7-13)17(24)16-10-15(16)11-2-8-14(9-3-11)25-18(19,20)21/h2-3,8-9,12-13,15-16H,4-7,10,22H2,1H3/t12?,13?,15-,16+/m0/s1. The first-order chi connectivity index (χ1) is 11.7. The third kappa shape index (κ3) is 4.45. The van der Waals surface area contributed by atoms with Gasteiger partial charge in [-0.25, -0.2) is 0 Å². The molecule has 138 valence electrons. The summed E-state index contributed by atoms with van der Waals surface area (Å²) in [5, 5.41) is 0. The number of hydrogen-bond donors (Lipinski definition) is 1. The Morgan fingerprint density at radius 2 is 1.76 bits per heavy atom. The highest BCUT2D eigenvalue weighted by molar-refractivity contribution is 5.83. The lowest BCUT2D eigenvalue weighted by molar-refractivity contribution is -0.274. The van der Waals surface area contributed by atoms with Crippen LogP contribution in [-0.2, 0) is 4.79 Å². The van der Waals surface area contributed by atoms with Crippen molar-refractivity contribution in [2.45, 2.75) is 56.5 Å². The number of nitrogens with zero attached hydrogens (tertiary/aromatic N) is 1. The average Bonchev–Trinajstić information content (AvgIpc) is 3.34. The largest absolute Gasteiger partial charge is 0.573 e. The summed E-state index contributed by atoms with van der Waals surface area (Å²) >= 11 is 0. The van der Waals surface area contributed by atoms with Gasteiger partial charge < -0.3 is 15.4 Å². The Hall–Kier alpha value is -1.76. The highest BCUT2D eigenvalue weighted by Crippen LogP contribution is 2.49. The smallest absolute Gasteiger partial charge is 0.406 e. The first-order valence-electron chi connectivity index (χ1n) is 8.62. The molecule has 1 aromatic carbocycles. The first kappa shape index (κ1) is 18.0. The zero-order valence-corrected chi connectivity index (χ0v) is 14.1. The summed E-state index contributed by atoms with van der Waals surface area (Å²) in [5.74, 6) is -0.104. The second-order valence-electron chi connectivity index (χ2n) is 7.08. The van der Waals surface area contributed by atoms with E-state index in [-0.39, 0.29) is 35.6 Å². The zero-order chi connectivity index (χ0) is 18.2. The van der Waals surface area contributed by atoms with Crippen molar-refractivity contribution in [3.05, 3.63) is 29.8 Å². The minimum atomic E-state index is -4.69. The number of ether oxygens (including phenoxy) is 1. The lowest BCUT2D eigenvalue weighted by atomic mass is 9.91. The van der Waals surface area contributed by atoms with E-state index in [1.165, 1.54) is 12.1 Å². The van der Waals surface area contributed by atoms with Gasteiger partial charge in [0.05, 0.1) is 0 Å². The van der Waals surface area contributed by atoms with Crippen molar-refractivity contribution in [2.24, 2.45) is 11.7 Å². The molecule has 0 unspecified atom stereocenters. The maximum absolute atomic E-state index is 12.6. The maximum Gasteiger partial charge on any atom is 0.573 e. The van der Waals surface area contributed by atoms with Gasteiger partial charge in [-0.1, -0.05) is 12.1 Å². The lowest BCUT2D eigenvalue weighted by Gasteiger charge is -2.33. The highest BCUT2D eigenvalue weighted by Gasteiger charge is 2.46. The quantitative estimate of drug-likeness (QED) is 0.899. The molecule has 2 saturated carbocycles. The number of carbonyl (C=O) groups is 1. The van der Waals surface area contributed by atoms with Gasteiger partial charge in [-0.05, 0) is 55.7 Å². The van der Waals surface area contributed by atoms with E-state index in [0.717, 1.165) is 37.7 Å². The van der Waals surface area contributed by atoms with Crippen LogP contribution in [0.5, 0.6) is 5.75 Å². The maximum atomic E-state index is 12.6. The fourth-order valence-corrected chi connectivity index (χ4v) is 3.68. The van der Waals surface area contributed by atoms with E-state index < -0.39 is 6.36 Å². The molecule has 2 N–H and O–H groups in total. The van der Waals surface area contributed by atoms with Crippen LogP contribution < -0.4 is 10.5 Å². The molecule has 0 aliphatic heterocycles. The molecule has 4 nitrogen and oxygen atoms in total. The molecule has 3 rings (SSSR count). The van der Waals surface area contributed by atoms with Gasteiger partial charge in [0, 0.05) is 25.0 Å². The molecule has 7 heteroatoms. The van der Waals surface area contributed by atoms with Crippen LogP contribution in [0.1, 0.15) is 43.6 Å². The van der Waals surface area contributed by atoms with Crippen molar-refractivity contribution in [1.82, 2.24) is 4.90 Å². The van der Waals surface area contributed by atoms with Crippen LogP contribution in [0.4, 0.5) is 13.2 Å². The Kier molecular flexibility index (Phi) is 4.95. The van der Waals surface area contributed by atoms with Gasteiger partial charge in [-0.15, -0.1) is 13.2 Å². The van der Waals surface area contributed by atoms with Crippen LogP contribution in [0.3, 0.4) is 0 Å². The van der Waals surface area contributed by atoms with Crippen LogP contribution in [0, 0.1) is 5.92 Å². The molecule has 0 heterocycles. The summed E-state index contributed by atoms with van der Waals surface area (Å²) in [6, 6.07) is 6.31. The molecule has 2 aliphatic carbocycles. The van der Waals surface area contributed by atoms with Crippen LogP contribution in [0.2, 0.25) is 0 Å². The minimum Gasteiger partial charge on any atom is -0.406 e. The molecule has 1 aromatic rings. The molecular weight excluding hydrogens is 333 g/mol. The fourth-order valence-electron chi connectivity index (χ4n) is 3.68. The summed E-state index contributed by atoms with van der Waals surface area (Å²) in [7, 11) is 1.85. The normalized spacial score (nSPS) is 29.2. The number of benzene rings is 1. The topological polar surface area (TPSA) is 55.6 Å². The van der Waals surface area contributed by atoms with Crippen molar-refractivity contribution in [3.63, 3.8) is 0 Å². The molecule has 0 bridgehead atoms. The van der Waals surface area contributed by atoms with Crippen molar-refractivity contribution in [1.29, 1.82) is 0 Å². The van der Waals surface area contributed by atoms with Gasteiger partial charge in [0.25, 0.3) is 0 Å². The number of halogens is 3. The summed E-state index contributed by atoms with van der Waals surface area (Å²) in [6.07, 6.45) is -0.192. The van der Waals surface area contributed by atoms with E-state index in [1.54, 1.807) is 12.1 Å². The van der Waals surface area contributed by atoms with Crippen LogP contribution in [-0.4, -0.2) is 36.3 Å². The molecule has 0 aromatic heterocycles. The SMILES string of the molecule is CN(C(=O)[C@@H]1C[C@H]1c1ccc(OC(F)(F)F)cc1)C1CCC(N)CC1. The van der Waals surface area contributed by atoms with Gasteiger partial charge in [0.15, 0.2) is 0 Å². The van der Waals surface area contributed by atoms with E-state index in [9.17, 15) is 18.0 Å². The van der Waals surface area contributed by atoms with Gasteiger partial charge in [0.2, 0.25) is 5.91 Å². The molecule has 2 fully saturated rings. The van der Waals surface area contributed by atoms with Crippen LogP contribution in [0.25, 0.3) is 0 Å². The third-order valence-electron chi connectivity index (χ3n) is 5.29. The van der Waals surface area contributed by atoms with Gasteiger partial charge >= 0.3 is 6.36 Å². The van der Waals surface area contributed by atoms with E-state index in [4.69, 9.17) is 5.73 Å². The highest BCUT2D eigenvalue weighted by atomic mass is 19.4. The Labute approximate surface area is 145 Å². The molecule has 0 spiro atoms. The van der Waals surface area contributed by atoms with Gasteiger partial charge in [-0.2, -0.15) is 0 Å². The van der Waals surface area contributed by atoms with Crippen molar-refractivity contribution in [3.8, 4) is 5.75 Å². The van der Waals surface area contributed by atoms with E-state index in [0.29, 0.717) is 0 Å². The van der Waals surface area contributed by atoms with Crippen molar-refractivity contribution < 1.29 is 22.7 Å². The Balaban J connectivity index is 1.55. The third-order valence-corrected chi connectivity index (χ3v) is 5.29. The average molecular weight is 356 g/mol. The van der Waals surface area contributed by atoms with E-state index in [1.807, 2.05) is 11.9 Å². The number of nitrogens with two attached hydrogens (primary N) is 1. The van der Waals surface area contributed by atoms with Crippen LogP contribution >= 0.6 is 0 Å². The summed E-state index contributed by atoms with van der Waals surface area (Å²) in [5.41, 5.74) is 6.79. The molecule has 2 atom stereocenters. The minimum absolute atomic E-state index is 0.0741. The second-order valence-corrected chi connectivity index (χ2v) is 7.08. The first-order valence-corrected chi connectivity index (χ1v) is 8.62. The number of amides is 1. The summed E-state index contributed by atoms with van der Waals surface area (Å²) in [6.45, 7) is 0. The number of alkyl halides is 3. The zero-order valence-electron chi connectivity index (χ0n) is 14.1. The number of carbonyl (C=O) groups excluding carboxylic acids is 1. The monoisotopic (exact) mass is 356 g/mol. The lowest BCUT2D eigenvalue weighted by Crippen LogP contribution is -2.42. The van der Waals surface area contributed by atoms with Gasteiger partial charge in [0.1, 0.15) is 5.75 Å². The molecular formula is C18H23F3N2O2. The molecule has 0 radical (unpaired) electrons. The Bertz CT molecular complexity index is 610. The van der Waals surface area contributed by atoms with Gasteiger partial charge in [-0.3, -0.25) is 4.79 Å². The van der Waals surface area contributed by atoms with E-state index in [2.05, 4.69) is 4.74 Å². The number of hydrogen-bond acceptors (Lipinski definition) is 3. The molecule has 2 aliphatic rings. The van der Waals surface area contributed by atoms with Crippen molar-refractivity contribution >= 4 is 5.91 Å². The predicted octanol–water partition coefficient (Wildman–Crippen LogP) is 3.42. The summed E-state index contributed by atoms with van der Waals surface area (Å²) < 4.78 is 40.4.